The van der Waals surface area contributed by atoms with Crippen molar-refractivity contribution in [1.29, 1.82) is 0 Å². The van der Waals surface area contributed by atoms with Crippen LogP contribution < -0.4 is 0 Å². The van der Waals surface area contributed by atoms with Crippen LogP contribution in [0.2, 0.25) is 0 Å². The van der Waals surface area contributed by atoms with Crippen LogP contribution in [-0.2, 0) is 46.9 Å². The third kappa shape index (κ3) is 8.65. The molecule has 1 aliphatic heterocycles. The first-order valence-electron chi connectivity index (χ1n) is 6.53. The van der Waals surface area contributed by atoms with E-state index in [4.69, 9.17) is 18.9 Å². The van der Waals surface area contributed by atoms with Crippen molar-refractivity contribution in [3.63, 3.8) is 0 Å². The van der Waals surface area contributed by atoms with Gasteiger partial charge in [0.1, 0.15) is 0 Å². The van der Waals surface area contributed by atoms with Gasteiger partial charge in [-0.25, -0.2) is 0 Å². The van der Waals surface area contributed by atoms with Gasteiger partial charge >= 0.3 is 34.5 Å². The molecule has 0 amide bonds. The summed E-state index contributed by atoms with van der Waals surface area (Å²) in [4.78, 5) is 0. The molecule has 2 bridgehead atoms. The standard InChI is InChI=1S/C14H19O4.HI.Zn/c1-2-13-10-14(3-1)12-18-9-7-16-5-4-15-6-8-17-11-13;;/h1-3H,4-9,11-12H2;1H;/q-1;;+2/p-1. The number of ether oxygens (including phenoxy) is 4. The summed E-state index contributed by atoms with van der Waals surface area (Å²) in [5.41, 5.74) is 2.09. The quantitative estimate of drug-likeness (QED) is 0.351. The second kappa shape index (κ2) is 13.1. The fraction of sp³-hybridized carbons (Fsp3) is 0.571. The molecule has 4 nitrogen and oxygen atoms in total. The Morgan fingerprint density at radius 2 is 1.15 bits per heavy atom. The van der Waals surface area contributed by atoms with Crippen molar-refractivity contribution in [2.75, 3.05) is 39.6 Å². The van der Waals surface area contributed by atoms with Crippen molar-refractivity contribution in [1.82, 2.24) is 0 Å². The van der Waals surface area contributed by atoms with Crippen molar-refractivity contribution in [2.45, 2.75) is 13.2 Å². The van der Waals surface area contributed by atoms with Crippen LogP contribution in [0, 0.1) is 6.07 Å². The van der Waals surface area contributed by atoms with Gasteiger partial charge in [-0.1, -0.05) is 0 Å². The zero-order chi connectivity index (χ0) is 14.5. The van der Waals surface area contributed by atoms with Gasteiger partial charge in [-0.05, 0) is 0 Å². The van der Waals surface area contributed by atoms with Gasteiger partial charge in [0.05, 0.1) is 39.6 Å². The minimum atomic E-state index is 0.563. The SMILES string of the molecule is [Zn+][I].[c-]1c2cccc1COCCOCCOCCOC2. The number of hydrogen-bond acceptors (Lipinski definition) is 4. The van der Waals surface area contributed by atoms with Crippen molar-refractivity contribution in [3.8, 4) is 0 Å². The van der Waals surface area contributed by atoms with Crippen LogP contribution >= 0.6 is 19.8 Å². The van der Waals surface area contributed by atoms with E-state index in [1.165, 1.54) is 14.8 Å². The molecule has 1 aromatic carbocycles. The average molecular weight is 444 g/mol. The van der Waals surface area contributed by atoms with E-state index >= 15 is 0 Å². The Bertz CT molecular complexity index is 322. The molecule has 0 aromatic heterocycles. The van der Waals surface area contributed by atoms with Crippen molar-refractivity contribution >= 4 is 19.8 Å². The van der Waals surface area contributed by atoms with E-state index in [0.29, 0.717) is 52.9 Å². The minimum Gasteiger partial charge on any atom is -0.377 e. The first-order chi connectivity index (χ1) is 9.95. The summed E-state index contributed by atoms with van der Waals surface area (Å²) < 4.78 is 21.7. The molecule has 0 saturated carbocycles. The predicted molar refractivity (Wildman–Crippen MR) is 80.2 cm³/mol. The maximum Gasteiger partial charge on any atom is 0.0704 e. The summed E-state index contributed by atoms with van der Waals surface area (Å²) in [6.07, 6.45) is 0. The summed E-state index contributed by atoms with van der Waals surface area (Å²) in [6, 6.07) is 9.29. The summed E-state index contributed by atoms with van der Waals surface area (Å²) in [5, 5.41) is 0. The predicted octanol–water partition coefficient (Wildman–Crippen LogP) is 2.45. The van der Waals surface area contributed by atoms with E-state index in [1.54, 1.807) is 0 Å². The Morgan fingerprint density at radius 1 is 0.750 bits per heavy atom. The molecule has 0 radical (unpaired) electrons. The Balaban J connectivity index is 0.000000956. The maximum atomic E-state index is 5.51. The van der Waals surface area contributed by atoms with Crippen molar-refractivity contribution in [3.05, 3.63) is 35.4 Å². The zero-order valence-corrected chi connectivity index (χ0v) is 16.7. The fourth-order valence-electron chi connectivity index (χ4n) is 1.66. The van der Waals surface area contributed by atoms with Crippen molar-refractivity contribution in [2.24, 2.45) is 0 Å². The van der Waals surface area contributed by atoms with E-state index in [2.05, 4.69) is 25.8 Å². The summed E-state index contributed by atoms with van der Waals surface area (Å²) in [5.74, 6) is 0. The molecule has 108 valence electrons. The van der Waals surface area contributed by atoms with Crippen LogP contribution in [0.25, 0.3) is 0 Å². The molecular weight excluding hydrogens is 424 g/mol. The minimum absolute atomic E-state index is 0.563. The Hall–Kier alpha value is 0.413. The molecule has 0 spiro atoms. The molecule has 0 fully saturated rings. The third-order valence-corrected chi connectivity index (χ3v) is 2.55. The fourth-order valence-corrected chi connectivity index (χ4v) is 1.66. The maximum absolute atomic E-state index is 5.51. The Kier molecular flexibility index (Phi) is 12.1. The van der Waals surface area contributed by atoms with Gasteiger partial charge in [0.2, 0.25) is 0 Å². The van der Waals surface area contributed by atoms with E-state index in [0.717, 1.165) is 11.1 Å². The first kappa shape index (κ1) is 18.5. The van der Waals surface area contributed by atoms with Gasteiger partial charge < -0.3 is 18.9 Å². The topological polar surface area (TPSA) is 36.9 Å². The second-order valence-electron chi connectivity index (χ2n) is 4.03. The van der Waals surface area contributed by atoms with Crippen LogP contribution in [0.5, 0.6) is 0 Å². The molecule has 1 heterocycles. The number of fused-ring (bicyclic) bond motifs is 2. The van der Waals surface area contributed by atoms with Gasteiger partial charge in [0.25, 0.3) is 0 Å². The number of rotatable bonds is 0. The summed E-state index contributed by atoms with van der Waals surface area (Å²) >= 11 is 3.62. The third-order valence-electron chi connectivity index (χ3n) is 2.55. The Morgan fingerprint density at radius 3 is 1.60 bits per heavy atom. The van der Waals surface area contributed by atoms with E-state index in [9.17, 15) is 0 Å². The van der Waals surface area contributed by atoms with Gasteiger partial charge in [0.15, 0.2) is 0 Å². The van der Waals surface area contributed by atoms with Crippen LogP contribution in [0.4, 0.5) is 0 Å². The molecule has 0 atom stereocenters. The first-order valence-corrected chi connectivity index (χ1v) is 15.6. The number of halogens is 1. The van der Waals surface area contributed by atoms with E-state index in [1.807, 2.05) is 18.2 Å². The van der Waals surface area contributed by atoms with Crippen LogP contribution in [0.3, 0.4) is 0 Å². The molecule has 1 aromatic rings. The van der Waals surface area contributed by atoms with Gasteiger partial charge in [0, 0.05) is 13.2 Å². The van der Waals surface area contributed by atoms with Gasteiger partial charge in [-0.3, -0.25) is 0 Å². The molecular formula is C14H19IO4Zn. The van der Waals surface area contributed by atoms with Crippen molar-refractivity contribution < 1.29 is 33.7 Å². The normalized spacial score (nSPS) is 18.1. The molecule has 6 heteroatoms. The molecule has 1 aliphatic rings. The monoisotopic (exact) mass is 442 g/mol. The Labute approximate surface area is 141 Å². The van der Waals surface area contributed by atoms with E-state index < -0.39 is 0 Å². The summed E-state index contributed by atoms with van der Waals surface area (Å²) in [7, 11) is 0. The molecule has 0 N–H and O–H groups in total. The van der Waals surface area contributed by atoms with Gasteiger partial charge in [-0.15, -0.1) is 11.1 Å². The van der Waals surface area contributed by atoms with Gasteiger partial charge in [-0.2, -0.15) is 24.3 Å². The number of benzene rings is 1. The van der Waals surface area contributed by atoms with Crippen LogP contribution in [0.15, 0.2) is 18.2 Å². The largest absolute Gasteiger partial charge is 0.377 e. The van der Waals surface area contributed by atoms with Crippen LogP contribution in [-0.4, -0.2) is 39.6 Å². The summed E-state index contributed by atoms with van der Waals surface area (Å²) in [6.45, 7) is 4.70. The second-order valence-corrected chi connectivity index (χ2v) is 4.03. The molecule has 0 aliphatic carbocycles. The molecule has 0 unspecified atom stereocenters. The molecule has 0 saturated heterocycles. The molecule has 2 rings (SSSR count). The van der Waals surface area contributed by atoms with Crippen LogP contribution in [0.1, 0.15) is 11.1 Å². The smallest absolute Gasteiger partial charge is 0.0704 e. The number of hydrogen-bond donors (Lipinski definition) is 0. The molecule has 20 heavy (non-hydrogen) atoms. The zero-order valence-electron chi connectivity index (χ0n) is 11.6. The van der Waals surface area contributed by atoms with E-state index in [-0.39, 0.29) is 0 Å². The average Bonchev–Trinajstić information content (AvgIpc) is 2.51.